The lowest BCUT2D eigenvalue weighted by atomic mass is 10.2. The summed E-state index contributed by atoms with van der Waals surface area (Å²) >= 11 is 0. The highest BCUT2D eigenvalue weighted by atomic mass is 19.1. The van der Waals surface area contributed by atoms with Crippen LogP contribution < -0.4 is 15.6 Å². The quantitative estimate of drug-likeness (QED) is 0.513. The van der Waals surface area contributed by atoms with E-state index in [0.717, 1.165) is 0 Å². The van der Waals surface area contributed by atoms with E-state index in [0.29, 0.717) is 28.4 Å². The van der Waals surface area contributed by atoms with Crippen molar-refractivity contribution in [2.45, 2.75) is 6.92 Å². The summed E-state index contributed by atoms with van der Waals surface area (Å²) in [5, 5.41) is 2.73. The number of carbonyl (C=O) groups is 1. The van der Waals surface area contributed by atoms with Gasteiger partial charge in [0.25, 0.3) is 11.5 Å². The standard InChI is InChI=1S/C24H20FN3O3/c1-16-22(24(30)28(27(16)2)19-6-4-3-5-7-19)26-23(29)17-8-12-20(13-9-17)31-21-14-10-18(25)11-15-21/h3-15H,1-2H3,(H,26,29). The fourth-order valence-electron chi connectivity index (χ4n) is 3.21. The van der Waals surface area contributed by atoms with Crippen LogP contribution in [0.1, 0.15) is 16.1 Å². The van der Waals surface area contributed by atoms with E-state index < -0.39 is 5.91 Å². The lowest BCUT2D eigenvalue weighted by molar-refractivity contribution is 0.102. The van der Waals surface area contributed by atoms with Gasteiger partial charge < -0.3 is 10.1 Å². The van der Waals surface area contributed by atoms with Crippen LogP contribution in [0.2, 0.25) is 0 Å². The smallest absolute Gasteiger partial charge is 0.295 e. The molecule has 1 N–H and O–H groups in total. The molecule has 0 radical (unpaired) electrons. The van der Waals surface area contributed by atoms with Crippen molar-refractivity contribution in [3.63, 3.8) is 0 Å². The second kappa shape index (κ2) is 8.31. The van der Waals surface area contributed by atoms with Crippen molar-refractivity contribution in [2.75, 3.05) is 5.32 Å². The predicted octanol–water partition coefficient (Wildman–Crippen LogP) is 4.67. The summed E-state index contributed by atoms with van der Waals surface area (Å²) in [4.78, 5) is 25.7. The minimum Gasteiger partial charge on any atom is -0.457 e. The zero-order valence-corrected chi connectivity index (χ0v) is 17.0. The molecule has 0 saturated heterocycles. The first-order valence-corrected chi connectivity index (χ1v) is 9.63. The summed E-state index contributed by atoms with van der Waals surface area (Å²) in [5.41, 5.74) is 1.64. The number of ether oxygens (including phenoxy) is 1. The van der Waals surface area contributed by atoms with Crippen molar-refractivity contribution in [3.8, 4) is 17.2 Å². The first-order chi connectivity index (χ1) is 14.9. The average molecular weight is 417 g/mol. The van der Waals surface area contributed by atoms with E-state index in [4.69, 9.17) is 4.74 Å². The van der Waals surface area contributed by atoms with E-state index >= 15 is 0 Å². The van der Waals surface area contributed by atoms with Gasteiger partial charge in [-0.3, -0.25) is 14.3 Å². The maximum absolute atomic E-state index is 13.0. The van der Waals surface area contributed by atoms with Gasteiger partial charge in [0.2, 0.25) is 0 Å². The second-order valence-corrected chi connectivity index (χ2v) is 6.97. The summed E-state index contributed by atoms with van der Waals surface area (Å²) in [6.45, 7) is 1.77. The Morgan fingerprint density at radius 3 is 2.10 bits per heavy atom. The van der Waals surface area contributed by atoms with Crippen LogP contribution in [-0.4, -0.2) is 15.3 Å². The number of anilines is 1. The highest BCUT2D eigenvalue weighted by molar-refractivity contribution is 6.04. The molecule has 1 aromatic heterocycles. The Hall–Kier alpha value is -4.13. The molecule has 0 aliphatic rings. The number of para-hydroxylation sites is 1. The van der Waals surface area contributed by atoms with Crippen molar-refractivity contribution in [3.05, 3.63) is 106 Å². The van der Waals surface area contributed by atoms with Gasteiger partial charge in [0.15, 0.2) is 0 Å². The Morgan fingerprint density at radius 1 is 0.903 bits per heavy atom. The van der Waals surface area contributed by atoms with E-state index in [1.807, 2.05) is 30.3 Å². The molecule has 0 bridgehead atoms. The van der Waals surface area contributed by atoms with Crippen LogP contribution in [0.4, 0.5) is 10.1 Å². The zero-order chi connectivity index (χ0) is 22.0. The minimum absolute atomic E-state index is 0.225. The topological polar surface area (TPSA) is 65.3 Å². The number of carbonyl (C=O) groups excluding carboxylic acids is 1. The normalized spacial score (nSPS) is 10.7. The molecule has 4 aromatic rings. The van der Waals surface area contributed by atoms with E-state index in [1.165, 1.54) is 28.9 Å². The molecule has 0 aliphatic heterocycles. The highest BCUT2D eigenvalue weighted by Crippen LogP contribution is 2.22. The average Bonchev–Trinajstić information content (AvgIpc) is 2.99. The van der Waals surface area contributed by atoms with Crippen molar-refractivity contribution in [1.82, 2.24) is 9.36 Å². The number of hydrogen-bond donors (Lipinski definition) is 1. The number of nitrogens with one attached hydrogen (secondary N) is 1. The number of nitrogens with zero attached hydrogens (tertiary/aromatic N) is 2. The van der Waals surface area contributed by atoms with Gasteiger partial charge >= 0.3 is 0 Å². The molecular formula is C24H20FN3O3. The van der Waals surface area contributed by atoms with Crippen molar-refractivity contribution >= 4 is 11.6 Å². The Labute approximate surface area is 178 Å². The lowest BCUT2D eigenvalue weighted by Crippen LogP contribution is -2.22. The number of hydrogen-bond acceptors (Lipinski definition) is 3. The molecule has 0 saturated carbocycles. The van der Waals surface area contributed by atoms with Gasteiger partial charge in [0, 0.05) is 12.6 Å². The van der Waals surface area contributed by atoms with E-state index in [9.17, 15) is 14.0 Å². The number of benzene rings is 3. The molecule has 7 heteroatoms. The molecule has 3 aromatic carbocycles. The molecule has 0 spiro atoms. The first kappa shape index (κ1) is 20.2. The first-order valence-electron chi connectivity index (χ1n) is 9.63. The molecular weight excluding hydrogens is 397 g/mol. The highest BCUT2D eigenvalue weighted by Gasteiger charge is 2.18. The van der Waals surface area contributed by atoms with Crippen LogP contribution in [0.25, 0.3) is 5.69 Å². The summed E-state index contributed by atoms with van der Waals surface area (Å²) in [7, 11) is 1.76. The van der Waals surface area contributed by atoms with Crippen molar-refractivity contribution < 1.29 is 13.9 Å². The Kier molecular flexibility index (Phi) is 5.41. The molecule has 31 heavy (non-hydrogen) atoms. The molecule has 6 nitrogen and oxygen atoms in total. The maximum Gasteiger partial charge on any atom is 0.295 e. The van der Waals surface area contributed by atoms with Gasteiger partial charge in [-0.1, -0.05) is 18.2 Å². The van der Waals surface area contributed by atoms with E-state index in [2.05, 4.69) is 5.32 Å². The van der Waals surface area contributed by atoms with Crippen LogP contribution in [-0.2, 0) is 7.05 Å². The van der Waals surface area contributed by atoms with Crippen LogP contribution in [0.15, 0.2) is 83.7 Å². The lowest BCUT2D eigenvalue weighted by Gasteiger charge is -2.07. The summed E-state index contributed by atoms with van der Waals surface area (Å²) in [6, 6.07) is 21.3. The molecule has 1 amide bonds. The van der Waals surface area contributed by atoms with Crippen LogP contribution in [0.3, 0.4) is 0 Å². The largest absolute Gasteiger partial charge is 0.457 e. The van der Waals surface area contributed by atoms with Crippen molar-refractivity contribution in [2.24, 2.45) is 7.05 Å². The molecule has 156 valence electrons. The third kappa shape index (κ3) is 4.11. The molecule has 1 heterocycles. The molecule has 4 rings (SSSR count). The van der Waals surface area contributed by atoms with Gasteiger partial charge in [-0.05, 0) is 67.6 Å². The van der Waals surface area contributed by atoms with Gasteiger partial charge in [-0.15, -0.1) is 0 Å². The van der Waals surface area contributed by atoms with Crippen LogP contribution in [0.5, 0.6) is 11.5 Å². The molecule has 0 atom stereocenters. The predicted molar refractivity (Wildman–Crippen MR) is 117 cm³/mol. The second-order valence-electron chi connectivity index (χ2n) is 6.97. The number of rotatable bonds is 5. The summed E-state index contributed by atoms with van der Waals surface area (Å²) in [6.07, 6.45) is 0. The van der Waals surface area contributed by atoms with Crippen LogP contribution >= 0.6 is 0 Å². The van der Waals surface area contributed by atoms with Crippen molar-refractivity contribution in [1.29, 1.82) is 0 Å². The fraction of sp³-hybridized carbons (Fsp3) is 0.0833. The van der Waals surface area contributed by atoms with Gasteiger partial charge in [-0.2, -0.15) is 0 Å². The molecule has 0 fully saturated rings. The van der Waals surface area contributed by atoms with Gasteiger partial charge in [0.1, 0.15) is 23.0 Å². The monoisotopic (exact) mass is 417 g/mol. The van der Waals surface area contributed by atoms with Gasteiger partial charge in [0.05, 0.1) is 11.4 Å². The summed E-state index contributed by atoms with van der Waals surface area (Å²) < 4.78 is 21.8. The Balaban J connectivity index is 1.53. The molecule has 0 aliphatic carbocycles. The minimum atomic E-state index is -0.403. The Bertz CT molecular complexity index is 1270. The third-order valence-corrected chi connectivity index (χ3v) is 4.96. The number of amides is 1. The number of halogens is 1. The molecule has 0 unspecified atom stereocenters. The van der Waals surface area contributed by atoms with E-state index in [1.54, 1.807) is 42.9 Å². The zero-order valence-electron chi connectivity index (χ0n) is 17.0. The Morgan fingerprint density at radius 2 is 1.48 bits per heavy atom. The fourth-order valence-corrected chi connectivity index (χ4v) is 3.21. The third-order valence-electron chi connectivity index (χ3n) is 4.96. The van der Waals surface area contributed by atoms with Crippen LogP contribution in [0, 0.1) is 12.7 Å². The van der Waals surface area contributed by atoms with E-state index in [-0.39, 0.29) is 17.1 Å². The maximum atomic E-state index is 13.0. The van der Waals surface area contributed by atoms with Gasteiger partial charge in [-0.25, -0.2) is 9.07 Å². The number of aromatic nitrogens is 2. The summed E-state index contributed by atoms with van der Waals surface area (Å²) in [5.74, 6) is 0.242. The SMILES string of the molecule is Cc1c(NC(=O)c2ccc(Oc3ccc(F)cc3)cc2)c(=O)n(-c2ccccc2)n1C.